The van der Waals surface area contributed by atoms with Crippen molar-refractivity contribution in [2.75, 3.05) is 40.5 Å². The quantitative estimate of drug-likeness (QED) is 0.567. The Morgan fingerprint density at radius 2 is 2.21 bits per heavy atom. The number of carbonyl (C=O) groups is 1. The zero-order valence-corrected chi connectivity index (χ0v) is 9.02. The van der Waals surface area contributed by atoms with Crippen LogP contribution in [0.25, 0.3) is 0 Å². The minimum Gasteiger partial charge on any atom is -0.465 e. The largest absolute Gasteiger partial charge is 0.465 e. The molecule has 0 saturated heterocycles. The van der Waals surface area contributed by atoms with Gasteiger partial charge in [0.25, 0.3) is 0 Å². The topological polar surface area (TPSA) is 59.0 Å². The molecule has 0 aromatic rings. The van der Waals surface area contributed by atoms with Gasteiger partial charge in [-0.1, -0.05) is 0 Å². The third kappa shape index (κ3) is 6.82. The number of esters is 1. The van der Waals surface area contributed by atoms with Gasteiger partial charge in [-0.2, -0.15) is 0 Å². The molecule has 14 heavy (non-hydrogen) atoms. The van der Waals surface area contributed by atoms with Crippen LogP contribution in [0.1, 0.15) is 6.92 Å². The molecule has 0 aromatic heterocycles. The van der Waals surface area contributed by atoms with Crippen LogP contribution in [0.4, 0.5) is 0 Å². The Morgan fingerprint density at radius 3 is 2.71 bits per heavy atom. The standard InChI is InChI=1S/C9H19NO4/c1-4-14-9(12)6-10(2)5-8(11)7-13-3/h8,11H,4-7H2,1-3H3. The molecule has 5 heteroatoms. The van der Waals surface area contributed by atoms with E-state index < -0.39 is 6.10 Å². The first kappa shape index (κ1) is 13.4. The smallest absolute Gasteiger partial charge is 0.320 e. The molecule has 84 valence electrons. The Labute approximate surface area is 84.6 Å². The fourth-order valence-electron chi connectivity index (χ4n) is 1.10. The molecule has 0 aliphatic carbocycles. The first-order valence-corrected chi connectivity index (χ1v) is 4.61. The van der Waals surface area contributed by atoms with Crippen LogP contribution in [0.3, 0.4) is 0 Å². The molecule has 0 aliphatic heterocycles. The number of hydrogen-bond acceptors (Lipinski definition) is 5. The number of aliphatic hydroxyl groups is 1. The Kier molecular flexibility index (Phi) is 7.37. The molecule has 0 aliphatic rings. The van der Waals surface area contributed by atoms with E-state index in [-0.39, 0.29) is 19.1 Å². The molecule has 0 bridgehead atoms. The van der Waals surface area contributed by atoms with Gasteiger partial charge in [0.05, 0.1) is 25.9 Å². The second-order valence-electron chi connectivity index (χ2n) is 3.11. The van der Waals surface area contributed by atoms with E-state index in [0.717, 1.165) is 0 Å². The normalized spacial score (nSPS) is 12.9. The van der Waals surface area contributed by atoms with Crippen molar-refractivity contribution in [2.24, 2.45) is 0 Å². The monoisotopic (exact) mass is 205 g/mol. The lowest BCUT2D eigenvalue weighted by Crippen LogP contribution is -2.35. The molecule has 0 aromatic carbocycles. The van der Waals surface area contributed by atoms with Crippen LogP contribution in [0.2, 0.25) is 0 Å². The van der Waals surface area contributed by atoms with Gasteiger partial charge in [0.15, 0.2) is 0 Å². The van der Waals surface area contributed by atoms with Gasteiger partial charge in [-0.05, 0) is 14.0 Å². The zero-order chi connectivity index (χ0) is 11.0. The van der Waals surface area contributed by atoms with Crippen LogP contribution >= 0.6 is 0 Å². The lowest BCUT2D eigenvalue weighted by molar-refractivity contribution is -0.144. The molecular formula is C9H19NO4. The number of aliphatic hydroxyl groups excluding tert-OH is 1. The highest BCUT2D eigenvalue weighted by atomic mass is 16.5. The molecule has 1 unspecified atom stereocenters. The van der Waals surface area contributed by atoms with Crippen LogP contribution in [0.15, 0.2) is 0 Å². The number of rotatable bonds is 7. The van der Waals surface area contributed by atoms with Crippen LogP contribution in [0.5, 0.6) is 0 Å². The number of carbonyl (C=O) groups excluding carboxylic acids is 1. The van der Waals surface area contributed by atoms with E-state index in [1.807, 2.05) is 0 Å². The van der Waals surface area contributed by atoms with Gasteiger partial charge in [-0.15, -0.1) is 0 Å². The second-order valence-corrected chi connectivity index (χ2v) is 3.11. The van der Waals surface area contributed by atoms with Gasteiger partial charge in [0.1, 0.15) is 0 Å². The first-order chi connectivity index (χ1) is 6.60. The van der Waals surface area contributed by atoms with Crippen LogP contribution < -0.4 is 0 Å². The molecule has 0 spiro atoms. The summed E-state index contributed by atoms with van der Waals surface area (Å²) in [6.07, 6.45) is -0.570. The fraction of sp³-hybridized carbons (Fsp3) is 0.889. The van der Waals surface area contributed by atoms with Gasteiger partial charge < -0.3 is 14.6 Å². The van der Waals surface area contributed by atoms with Gasteiger partial charge >= 0.3 is 5.97 Å². The summed E-state index contributed by atoms with van der Waals surface area (Å²) in [4.78, 5) is 12.7. The summed E-state index contributed by atoms with van der Waals surface area (Å²) in [5.74, 6) is -0.278. The highest BCUT2D eigenvalue weighted by Gasteiger charge is 2.11. The molecule has 0 amide bonds. The summed E-state index contributed by atoms with van der Waals surface area (Å²) < 4.78 is 9.52. The molecule has 0 radical (unpaired) electrons. The molecule has 0 rings (SSSR count). The molecular weight excluding hydrogens is 186 g/mol. The number of ether oxygens (including phenoxy) is 2. The lowest BCUT2D eigenvalue weighted by atomic mass is 10.3. The minimum atomic E-state index is -0.570. The summed E-state index contributed by atoms with van der Waals surface area (Å²) in [5.41, 5.74) is 0. The lowest BCUT2D eigenvalue weighted by Gasteiger charge is -2.18. The predicted octanol–water partition coefficient (Wildman–Crippen LogP) is -0.511. The molecule has 1 atom stereocenters. The number of nitrogens with zero attached hydrogens (tertiary/aromatic N) is 1. The van der Waals surface area contributed by atoms with E-state index >= 15 is 0 Å². The maximum absolute atomic E-state index is 11.0. The van der Waals surface area contributed by atoms with Gasteiger partial charge in [0, 0.05) is 13.7 Å². The van der Waals surface area contributed by atoms with Crippen LogP contribution in [0, 0.1) is 0 Å². The van der Waals surface area contributed by atoms with E-state index in [9.17, 15) is 9.90 Å². The fourth-order valence-corrected chi connectivity index (χ4v) is 1.10. The highest BCUT2D eigenvalue weighted by molar-refractivity contribution is 5.71. The summed E-state index contributed by atoms with van der Waals surface area (Å²) in [6, 6.07) is 0. The van der Waals surface area contributed by atoms with Crippen molar-refractivity contribution in [1.29, 1.82) is 0 Å². The summed E-state index contributed by atoms with van der Waals surface area (Å²) in [6.45, 7) is 3.00. The third-order valence-corrected chi connectivity index (χ3v) is 1.59. The van der Waals surface area contributed by atoms with Crippen molar-refractivity contribution >= 4 is 5.97 Å². The summed E-state index contributed by atoms with van der Waals surface area (Å²) >= 11 is 0. The van der Waals surface area contributed by atoms with Gasteiger partial charge in [0.2, 0.25) is 0 Å². The SMILES string of the molecule is CCOC(=O)CN(C)CC(O)COC. The summed E-state index contributed by atoms with van der Waals surface area (Å²) in [7, 11) is 3.27. The van der Waals surface area contributed by atoms with Crippen molar-refractivity contribution in [1.82, 2.24) is 4.90 Å². The van der Waals surface area contributed by atoms with Crippen molar-refractivity contribution in [2.45, 2.75) is 13.0 Å². The van der Waals surface area contributed by atoms with E-state index in [2.05, 4.69) is 0 Å². The Balaban J connectivity index is 3.63. The second kappa shape index (κ2) is 7.73. The molecule has 0 heterocycles. The van der Waals surface area contributed by atoms with Crippen molar-refractivity contribution in [3.8, 4) is 0 Å². The van der Waals surface area contributed by atoms with Crippen molar-refractivity contribution < 1.29 is 19.4 Å². The molecule has 1 N–H and O–H groups in total. The van der Waals surface area contributed by atoms with E-state index in [4.69, 9.17) is 9.47 Å². The number of likely N-dealkylation sites (N-methyl/N-ethyl adjacent to an activating group) is 1. The number of hydrogen-bond donors (Lipinski definition) is 1. The van der Waals surface area contributed by atoms with Crippen molar-refractivity contribution in [3.63, 3.8) is 0 Å². The van der Waals surface area contributed by atoms with E-state index in [1.54, 1.807) is 18.9 Å². The maximum atomic E-state index is 11.0. The molecule has 0 fully saturated rings. The predicted molar refractivity (Wildman–Crippen MR) is 52.0 cm³/mol. The van der Waals surface area contributed by atoms with E-state index in [1.165, 1.54) is 7.11 Å². The zero-order valence-electron chi connectivity index (χ0n) is 9.02. The Bertz CT molecular complexity index is 163. The van der Waals surface area contributed by atoms with Crippen molar-refractivity contribution in [3.05, 3.63) is 0 Å². The van der Waals surface area contributed by atoms with Gasteiger partial charge in [-0.3, -0.25) is 9.69 Å². The maximum Gasteiger partial charge on any atom is 0.320 e. The van der Waals surface area contributed by atoms with E-state index in [0.29, 0.717) is 13.2 Å². The summed E-state index contributed by atoms with van der Waals surface area (Å²) in [5, 5.41) is 9.34. The molecule has 0 saturated carbocycles. The average Bonchev–Trinajstić information content (AvgIpc) is 2.03. The number of methoxy groups -OCH3 is 1. The molecule has 5 nitrogen and oxygen atoms in total. The Hall–Kier alpha value is -0.650. The minimum absolute atomic E-state index is 0.189. The van der Waals surface area contributed by atoms with Crippen LogP contribution in [-0.2, 0) is 14.3 Å². The van der Waals surface area contributed by atoms with Crippen LogP contribution in [-0.4, -0.2) is 62.5 Å². The third-order valence-electron chi connectivity index (χ3n) is 1.59. The Morgan fingerprint density at radius 1 is 1.57 bits per heavy atom. The van der Waals surface area contributed by atoms with Gasteiger partial charge in [-0.25, -0.2) is 0 Å². The highest BCUT2D eigenvalue weighted by Crippen LogP contribution is 1.91. The first-order valence-electron chi connectivity index (χ1n) is 4.61. The average molecular weight is 205 g/mol.